The summed E-state index contributed by atoms with van der Waals surface area (Å²) < 4.78 is 0. The van der Waals surface area contributed by atoms with Crippen LogP contribution in [0.2, 0.25) is 0 Å². The largest absolute Gasteiger partial charge is 0.748 e. The van der Waals surface area contributed by atoms with Crippen LogP contribution in [0.1, 0.15) is 37.8 Å². The van der Waals surface area contributed by atoms with Crippen LogP contribution in [0.15, 0.2) is 48.5 Å². The van der Waals surface area contributed by atoms with Crippen molar-refractivity contribution in [2.24, 2.45) is 0 Å². The zero-order valence-electron chi connectivity index (χ0n) is 10.8. The molecule has 100 valence electrons. The van der Waals surface area contributed by atoms with Crippen molar-refractivity contribution in [3.8, 4) is 0 Å². The predicted octanol–water partition coefficient (Wildman–Crippen LogP) is 4.71. The molecule has 0 radical (unpaired) electrons. The Hall–Kier alpha value is -0.781. The number of hydrogen-bond acceptors (Lipinski definition) is 0. The first-order valence-corrected chi connectivity index (χ1v) is 6.28. The van der Waals surface area contributed by atoms with Gasteiger partial charge in [-0.3, -0.25) is 0 Å². The Balaban J connectivity index is 0.000000284. The van der Waals surface area contributed by atoms with Crippen molar-refractivity contribution in [1.29, 1.82) is 0 Å². The molecule has 2 aromatic carbocycles. The van der Waals surface area contributed by atoms with Gasteiger partial charge in [0.15, 0.2) is 0 Å². The van der Waals surface area contributed by atoms with Gasteiger partial charge in [-0.1, -0.05) is 33.1 Å². The van der Waals surface area contributed by atoms with Crippen molar-refractivity contribution < 1.29 is 17.1 Å². The van der Waals surface area contributed by atoms with E-state index in [1.165, 1.54) is 36.8 Å². The van der Waals surface area contributed by atoms with E-state index in [-0.39, 0.29) is 17.1 Å². The van der Waals surface area contributed by atoms with Crippen LogP contribution in [0.5, 0.6) is 0 Å². The molecule has 0 aliphatic carbocycles. The third kappa shape index (κ3) is 7.20. The van der Waals surface area contributed by atoms with Crippen molar-refractivity contribution in [2.75, 3.05) is 0 Å². The van der Waals surface area contributed by atoms with Crippen LogP contribution in [0.3, 0.4) is 0 Å². The molecule has 17 heavy (non-hydrogen) atoms. The quantitative estimate of drug-likeness (QED) is 0.557. The molecule has 2 rings (SSSR count). The molecule has 0 spiro atoms. The summed E-state index contributed by atoms with van der Waals surface area (Å²) in [5.74, 6) is 0. The van der Waals surface area contributed by atoms with E-state index >= 15 is 0 Å². The summed E-state index contributed by atoms with van der Waals surface area (Å²) in [7, 11) is 0. The monoisotopic (exact) mass is 270 g/mol. The maximum atomic E-state index is 2.20. The number of rotatable bonds is 4. The van der Waals surface area contributed by atoms with Gasteiger partial charge in [0.05, 0.1) is 0 Å². The summed E-state index contributed by atoms with van der Waals surface area (Å²) in [4.78, 5) is 0. The molecule has 1 heteroatoms. The topological polar surface area (TPSA) is 0 Å². The molecule has 0 nitrogen and oxygen atoms in total. The minimum Gasteiger partial charge on any atom is -0.748 e. The Labute approximate surface area is 116 Å². The molecule has 0 aliphatic rings. The molecular weight excluding hydrogens is 248 g/mol. The van der Waals surface area contributed by atoms with Crippen molar-refractivity contribution in [2.45, 2.75) is 39.5 Å². The van der Waals surface area contributed by atoms with Gasteiger partial charge in [0.25, 0.3) is 0 Å². The van der Waals surface area contributed by atoms with Gasteiger partial charge in [-0.15, -0.1) is 0 Å². The molecule has 0 aliphatic heterocycles. The summed E-state index contributed by atoms with van der Waals surface area (Å²) in [6, 6.07) is 17.0. The van der Waals surface area contributed by atoms with Crippen molar-refractivity contribution >= 4 is 0 Å². The second-order valence-corrected chi connectivity index (χ2v) is 4.09. The van der Waals surface area contributed by atoms with Crippen molar-refractivity contribution in [3.63, 3.8) is 0 Å². The molecule has 0 fully saturated rings. The maximum absolute atomic E-state index is 2.20. The molecule has 0 unspecified atom stereocenters. The molecule has 0 amide bonds. The summed E-state index contributed by atoms with van der Waals surface area (Å²) in [6.07, 6.45) is 4.97. The van der Waals surface area contributed by atoms with E-state index in [1.807, 2.05) is 0 Å². The van der Waals surface area contributed by atoms with Gasteiger partial charge in [0.1, 0.15) is 0 Å². The van der Waals surface area contributed by atoms with Gasteiger partial charge in [0.2, 0.25) is 0 Å². The zero-order valence-corrected chi connectivity index (χ0v) is 11.9. The fourth-order valence-electron chi connectivity index (χ4n) is 1.74. The van der Waals surface area contributed by atoms with E-state index in [9.17, 15) is 0 Å². The Morgan fingerprint density at radius 1 is 0.882 bits per heavy atom. The standard InChI is InChI=1S/2C8H11.Fe/c2*1-2-5-8-6-3-4-7-8;/h2*3-4,6-7H,2,5H2,1H3;/q-5;-1;. The molecule has 0 aromatic heterocycles. The van der Waals surface area contributed by atoms with E-state index in [0.717, 1.165) is 0 Å². The van der Waals surface area contributed by atoms with Gasteiger partial charge in [-0.05, 0) is 0 Å². The average Bonchev–Trinajstić information content (AvgIpc) is 2.92. The summed E-state index contributed by atoms with van der Waals surface area (Å²) >= 11 is 0. The third-order valence-corrected chi connectivity index (χ3v) is 2.54. The third-order valence-electron chi connectivity index (χ3n) is 2.54. The van der Waals surface area contributed by atoms with Gasteiger partial charge in [-0.25, -0.2) is 18.6 Å². The SMILES string of the molecule is CCC[c-]1[cH-][cH-][cH-][cH-]1.CCC[c-]1cccc1.[Fe]. The fourth-order valence-corrected chi connectivity index (χ4v) is 1.74. The molecular formula is C16H22Fe-6. The predicted molar refractivity (Wildman–Crippen MR) is 72.1 cm³/mol. The fraction of sp³-hybridized carbons (Fsp3) is 0.375. The first-order valence-electron chi connectivity index (χ1n) is 6.28. The average molecular weight is 270 g/mol. The normalized spacial score (nSPS) is 9.06. The molecule has 0 atom stereocenters. The van der Waals surface area contributed by atoms with Crippen LogP contribution >= 0.6 is 0 Å². The Morgan fingerprint density at radius 3 is 1.88 bits per heavy atom. The zero-order chi connectivity index (χ0) is 11.6. The van der Waals surface area contributed by atoms with Crippen LogP contribution in [0.25, 0.3) is 0 Å². The van der Waals surface area contributed by atoms with Gasteiger partial charge in [-0.2, -0.15) is 17.7 Å². The van der Waals surface area contributed by atoms with E-state index < -0.39 is 0 Å². The Bertz CT molecular complexity index is 293. The van der Waals surface area contributed by atoms with E-state index in [4.69, 9.17) is 0 Å². The van der Waals surface area contributed by atoms with Crippen LogP contribution < -0.4 is 0 Å². The minimum absolute atomic E-state index is 0. The van der Waals surface area contributed by atoms with Gasteiger partial charge >= 0.3 is 0 Å². The van der Waals surface area contributed by atoms with Crippen LogP contribution in [0.4, 0.5) is 0 Å². The van der Waals surface area contributed by atoms with Gasteiger partial charge < -0.3 is 29.8 Å². The summed E-state index contributed by atoms with van der Waals surface area (Å²) in [6.45, 7) is 4.40. The Morgan fingerprint density at radius 2 is 1.41 bits per heavy atom. The Kier molecular flexibility index (Phi) is 9.90. The first-order chi connectivity index (χ1) is 7.86. The first kappa shape index (κ1) is 16.2. The van der Waals surface area contributed by atoms with Gasteiger partial charge in [0, 0.05) is 17.1 Å². The molecule has 0 bridgehead atoms. The molecule has 0 saturated carbocycles. The van der Waals surface area contributed by atoms with E-state index in [1.54, 1.807) is 0 Å². The second-order valence-electron chi connectivity index (χ2n) is 4.09. The number of aryl methyl sites for hydroxylation is 2. The molecule has 0 N–H and O–H groups in total. The van der Waals surface area contributed by atoms with Crippen LogP contribution in [-0.4, -0.2) is 0 Å². The second kappa shape index (κ2) is 10.4. The minimum atomic E-state index is 0. The van der Waals surface area contributed by atoms with Crippen molar-refractivity contribution in [3.05, 3.63) is 59.7 Å². The molecule has 0 heterocycles. The van der Waals surface area contributed by atoms with E-state index in [2.05, 4.69) is 62.4 Å². The molecule has 0 saturated heterocycles. The van der Waals surface area contributed by atoms with E-state index in [0.29, 0.717) is 0 Å². The summed E-state index contributed by atoms with van der Waals surface area (Å²) in [5.41, 5.74) is 2.93. The summed E-state index contributed by atoms with van der Waals surface area (Å²) in [5, 5.41) is 0. The molecule has 2 aromatic rings. The van der Waals surface area contributed by atoms with Crippen molar-refractivity contribution in [1.82, 2.24) is 0 Å². The van der Waals surface area contributed by atoms with Crippen LogP contribution in [-0.2, 0) is 29.9 Å². The smallest absolute Gasteiger partial charge is 0 e. The number of hydrogen-bond donors (Lipinski definition) is 0. The maximum Gasteiger partial charge on any atom is 0 e. The van der Waals surface area contributed by atoms with Crippen LogP contribution in [0, 0.1) is 0 Å².